The van der Waals surface area contributed by atoms with E-state index >= 15 is 0 Å². The molecule has 1 aromatic carbocycles. The van der Waals surface area contributed by atoms with Crippen LogP contribution >= 0.6 is 11.3 Å². The number of benzene rings is 1. The molecule has 2 rings (SSSR count). The molecule has 7 heteroatoms. The highest BCUT2D eigenvalue weighted by atomic mass is 32.1. The highest BCUT2D eigenvalue weighted by Crippen LogP contribution is 2.27. The second-order valence-electron chi connectivity index (χ2n) is 7.86. The maximum Gasteiger partial charge on any atom is 0.267 e. The number of nitrogens with zero attached hydrogens (tertiary/aromatic N) is 2. The van der Waals surface area contributed by atoms with E-state index < -0.39 is 0 Å². The summed E-state index contributed by atoms with van der Waals surface area (Å²) in [5, 5.41) is 6.37. The van der Waals surface area contributed by atoms with Crippen LogP contribution in [0.1, 0.15) is 67.1 Å². The number of amides is 2. The van der Waals surface area contributed by atoms with Gasteiger partial charge < -0.3 is 10.6 Å². The molecule has 0 bridgehead atoms. The van der Waals surface area contributed by atoms with E-state index in [1.807, 2.05) is 39.8 Å². The average molecular weight is 433 g/mol. The van der Waals surface area contributed by atoms with Gasteiger partial charge in [-0.3, -0.25) is 14.5 Å². The first-order valence-electron chi connectivity index (χ1n) is 10.6. The number of hydrogen-bond donors (Lipinski definition) is 2. The van der Waals surface area contributed by atoms with Gasteiger partial charge in [-0.25, -0.2) is 4.98 Å². The lowest BCUT2D eigenvalue weighted by Gasteiger charge is -2.27. The summed E-state index contributed by atoms with van der Waals surface area (Å²) in [6.45, 7) is 15.7. The number of nitrogens with one attached hydrogen (secondary N) is 2. The first kappa shape index (κ1) is 24.0. The van der Waals surface area contributed by atoms with Crippen LogP contribution in [-0.2, 0) is 4.79 Å². The zero-order valence-electron chi connectivity index (χ0n) is 19.2. The number of rotatable bonds is 9. The molecule has 2 amide bonds. The number of carbonyl (C=O) groups is 2. The Balaban J connectivity index is 0.00000480. The molecule has 0 aliphatic carbocycles. The van der Waals surface area contributed by atoms with Crippen molar-refractivity contribution in [3.05, 3.63) is 39.4 Å². The Morgan fingerprint density at radius 2 is 1.63 bits per heavy atom. The molecule has 6 nitrogen and oxygen atoms in total. The summed E-state index contributed by atoms with van der Waals surface area (Å²) in [6.07, 6.45) is 1.99. The Morgan fingerprint density at radius 3 is 2.17 bits per heavy atom. The maximum atomic E-state index is 12.9. The van der Waals surface area contributed by atoms with Crippen molar-refractivity contribution in [1.29, 1.82) is 0 Å². The van der Waals surface area contributed by atoms with Gasteiger partial charge in [0.2, 0.25) is 5.91 Å². The fraction of sp³-hybridized carbons (Fsp3) is 0.522. The van der Waals surface area contributed by atoms with Crippen LogP contribution in [0.15, 0.2) is 12.1 Å². The first-order chi connectivity index (χ1) is 14.2. The summed E-state index contributed by atoms with van der Waals surface area (Å²) in [4.78, 5) is 32.7. The first-order valence-corrected chi connectivity index (χ1v) is 11.4. The Bertz CT molecular complexity index is 884. The Labute approximate surface area is 185 Å². The van der Waals surface area contributed by atoms with Crippen molar-refractivity contribution >= 4 is 34.0 Å². The van der Waals surface area contributed by atoms with Gasteiger partial charge in [-0.1, -0.05) is 42.9 Å². The predicted octanol–water partition coefficient (Wildman–Crippen LogP) is 5.32. The fourth-order valence-electron chi connectivity index (χ4n) is 3.66. The molecule has 1 unspecified atom stereocenters. The van der Waals surface area contributed by atoms with E-state index in [2.05, 4.69) is 34.4 Å². The molecule has 0 spiro atoms. The number of carbonyl (C=O) groups excluding carboxylic acids is 2. The second-order valence-corrected chi connectivity index (χ2v) is 8.86. The van der Waals surface area contributed by atoms with Crippen LogP contribution in [0.3, 0.4) is 0 Å². The molecular formula is C23H36N4O2S. The quantitative estimate of drug-likeness (QED) is 0.562. The molecule has 2 N–H and O–H groups in total. The summed E-state index contributed by atoms with van der Waals surface area (Å²) in [7, 11) is 0. The van der Waals surface area contributed by atoms with Gasteiger partial charge in [0.05, 0.1) is 11.7 Å². The SMILES string of the molecule is CCCN(CCC)C(C)C(=O)Nc1nc(C)c(C(=O)Nc2c(C)cc(C)cc2C)s1.[HH]. The third kappa shape index (κ3) is 5.89. The third-order valence-corrected chi connectivity index (χ3v) is 6.17. The molecule has 1 atom stereocenters. The lowest BCUT2D eigenvalue weighted by atomic mass is 10.1. The normalized spacial score (nSPS) is 12.1. The zero-order valence-corrected chi connectivity index (χ0v) is 20.0. The molecule has 0 saturated heterocycles. The van der Waals surface area contributed by atoms with Gasteiger partial charge in [0.15, 0.2) is 5.13 Å². The van der Waals surface area contributed by atoms with Crippen molar-refractivity contribution in [2.24, 2.45) is 0 Å². The van der Waals surface area contributed by atoms with Crippen molar-refractivity contribution in [3.63, 3.8) is 0 Å². The van der Waals surface area contributed by atoms with E-state index in [4.69, 9.17) is 0 Å². The summed E-state index contributed by atoms with van der Waals surface area (Å²) < 4.78 is 0. The molecule has 30 heavy (non-hydrogen) atoms. The third-order valence-electron chi connectivity index (χ3n) is 5.10. The zero-order chi connectivity index (χ0) is 22.4. The van der Waals surface area contributed by atoms with Crippen LogP contribution in [0, 0.1) is 27.7 Å². The summed E-state index contributed by atoms with van der Waals surface area (Å²) in [5.41, 5.74) is 4.65. The topological polar surface area (TPSA) is 74.3 Å². The van der Waals surface area contributed by atoms with Crippen molar-refractivity contribution in [3.8, 4) is 0 Å². The van der Waals surface area contributed by atoms with E-state index in [9.17, 15) is 9.59 Å². The van der Waals surface area contributed by atoms with Crippen LogP contribution < -0.4 is 10.6 Å². The minimum atomic E-state index is -0.246. The standard InChI is InChI=1S/C23H34N4O2S.H2/c1-8-10-27(11-9-2)18(7)21(28)26-23-24-17(6)20(30-23)22(29)25-19-15(4)12-14(3)13-16(19)5;/h12-13,18H,8-11H2,1-7H3,(H,25,29)(H,24,26,28);1H. The number of aromatic nitrogens is 1. The molecule has 0 radical (unpaired) electrons. The predicted molar refractivity (Wildman–Crippen MR) is 128 cm³/mol. The highest BCUT2D eigenvalue weighted by molar-refractivity contribution is 7.17. The van der Waals surface area contributed by atoms with Gasteiger partial charge in [-0.15, -0.1) is 0 Å². The molecular weight excluding hydrogens is 396 g/mol. The van der Waals surface area contributed by atoms with Gasteiger partial charge in [-0.05, 0) is 71.7 Å². The van der Waals surface area contributed by atoms with Crippen LogP contribution in [0.2, 0.25) is 0 Å². The fourth-order valence-corrected chi connectivity index (χ4v) is 4.52. The molecule has 0 fully saturated rings. The Hall–Kier alpha value is -2.25. The van der Waals surface area contributed by atoms with Crippen LogP contribution in [-0.4, -0.2) is 40.8 Å². The lowest BCUT2D eigenvalue weighted by Crippen LogP contribution is -2.42. The van der Waals surface area contributed by atoms with Crippen molar-refractivity contribution < 1.29 is 11.0 Å². The van der Waals surface area contributed by atoms with E-state index in [1.54, 1.807) is 6.92 Å². The van der Waals surface area contributed by atoms with E-state index in [0.29, 0.717) is 15.7 Å². The van der Waals surface area contributed by atoms with Crippen LogP contribution in [0.5, 0.6) is 0 Å². The van der Waals surface area contributed by atoms with Gasteiger partial charge in [0.1, 0.15) is 4.88 Å². The smallest absolute Gasteiger partial charge is 0.267 e. The Kier molecular flexibility index (Phi) is 8.55. The van der Waals surface area contributed by atoms with Crippen molar-refractivity contribution in [2.75, 3.05) is 23.7 Å². The molecule has 0 aliphatic rings. The molecule has 1 aromatic heterocycles. The monoisotopic (exact) mass is 432 g/mol. The van der Waals surface area contributed by atoms with Gasteiger partial charge >= 0.3 is 0 Å². The number of hydrogen-bond acceptors (Lipinski definition) is 5. The molecule has 166 valence electrons. The number of anilines is 2. The molecule has 0 aliphatic heterocycles. The van der Waals surface area contributed by atoms with Crippen LogP contribution in [0.4, 0.5) is 10.8 Å². The van der Waals surface area contributed by atoms with E-state index in [0.717, 1.165) is 48.3 Å². The number of aryl methyl sites for hydroxylation is 4. The molecule has 1 heterocycles. The van der Waals surface area contributed by atoms with Crippen molar-refractivity contribution in [1.82, 2.24) is 9.88 Å². The van der Waals surface area contributed by atoms with Crippen LogP contribution in [0.25, 0.3) is 0 Å². The maximum absolute atomic E-state index is 12.9. The minimum absolute atomic E-state index is 0. The van der Waals surface area contributed by atoms with Gasteiger partial charge in [-0.2, -0.15) is 0 Å². The lowest BCUT2D eigenvalue weighted by molar-refractivity contribution is -0.120. The highest BCUT2D eigenvalue weighted by Gasteiger charge is 2.23. The van der Waals surface area contributed by atoms with Gasteiger partial charge in [0.25, 0.3) is 5.91 Å². The molecule has 2 aromatic rings. The van der Waals surface area contributed by atoms with Gasteiger partial charge in [0, 0.05) is 7.11 Å². The molecule has 0 saturated carbocycles. The minimum Gasteiger partial charge on any atom is -0.321 e. The largest absolute Gasteiger partial charge is 0.321 e. The second kappa shape index (κ2) is 10.7. The summed E-state index contributed by atoms with van der Waals surface area (Å²) >= 11 is 1.21. The number of thiazole rings is 1. The van der Waals surface area contributed by atoms with Crippen molar-refractivity contribution in [2.45, 2.75) is 67.3 Å². The summed E-state index contributed by atoms with van der Waals surface area (Å²) in [6, 6.07) is 3.85. The average Bonchev–Trinajstić information content (AvgIpc) is 3.03. The van der Waals surface area contributed by atoms with E-state index in [-0.39, 0.29) is 19.3 Å². The Morgan fingerprint density at radius 1 is 1.07 bits per heavy atom. The van der Waals surface area contributed by atoms with E-state index in [1.165, 1.54) is 11.3 Å². The summed E-state index contributed by atoms with van der Waals surface area (Å²) in [5.74, 6) is -0.296.